The molecule has 1 atom stereocenters. The van der Waals surface area contributed by atoms with Crippen LogP contribution in [-0.2, 0) is 0 Å². The molecule has 3 aromatic rings. The van der Waals surface area contributed by atoms with E-state index < -0.39 is 0 Å². The lowest BCUT2D eigenvalue weighted by Crippen LogP contribution is -1.99. The van der Waals surface area contributed by atoms with Crippen molar-refractivity contribution < 1.29 is 0 Å². The number of pyridine rings is 2. The second kappa shape index (κ2) is 5.02. The molecular weight excluding hydrogens is 258 g/mol. The SMILES string of the molecule is [CH2]CC(c1cccnc1)c1c[nH]c2nccc(Cl)c12. The lowest BCUT2D eigenvalue weighted by atomic mass is 9.90. The molecule has 95 valence electrons. The Labute approximate surface area is 116 Å². The number of aromatic nitrogens is 3. The predicted molar refractivity (Wildman–Crippen MR) is 77.2 cm³/mol. The van der Waals surface area contributed by atoms with E-state index in [0.717, 1.165) is 28.6 Å². The molecule has 0 saturated heterocycles. The molecule has 0 fully saturated rings. The summed E-state index contributed by atoms with van der Waals surface area (Å²) in [5, 5.41) is 1.69. The molecule has 0 saturated carbocycles. The van der Waals surface area contributed by atoms with Crippen LogP contribution in [0, 0.1) is 6.92 Å². The Balaban J connectivity index is 2.17. The fourth-order valence-electron chi connectivity index (χ4n) is 2.40. The maximum atomic E-state index is 6.30. The van der Waals surface area contributed by atoms with Gasteiger partial charge in [0.1, 0.15) is 5.65 Å². The van der Waals surface area contributed by atoms with E-state index in [0.29, 0.717) is 5.02 Å². The second-order valence-corrected chi connectivity index (χ2v) is 4.80. The molecule has 0 aliphatic rings. The Kier molecular flexibility index (Phi) is 3.22. The van der Waals surface area contributed by atoms with E-state index in [-0.39, 0.29) is 5.92 Å². The van der Waals surface area contributed by atoms with Crippen molar-refractivity contribution in [3.8, 4) is 0 Å². The molecule has 0 spiro atoms. The highest BCUT2D eigenvalue weighted by Gasteiger charge is 2.18. The summed E-state index contributed by atoms with van der Waals surface area (Å²) in [6, 6.07) is 5.81. The summed E-state index contributed by atoms with van der Waals surface area (Å²) < 4.78 is 0. The van der Waals surface area contributed by atoms with Gasteiger partial charge >= 0.3 is 0 Å². The van der Waals surface area contributed by atoms with Crippen LogP contribution in [0.15, 0.2) is 43.0 Å². The lowest BCUT2D eigenvalue weighted by Gasteiger charge is -2.14. The number of nitrogens with one attached hydrogen (secondary N) is 1. The quantitative estimate of drug-likeness (QED) is 0.782. The molecule has 0 bridgehead atoms. The summed E-state index contributed by atoms with van der Waals surface area (Å²) in [4.78, 5) is 11.6. The van der Waals surface area contributed by atoms with Gasteiger partial charge < -0.3 is 4.98 Å². The van der Waals surface area contributed by atoms with Crippen molar-refractivity contribution >= 4 is 22.6 Å². The molecule has 1 radical (unpaired) electrons. The Morgan fingerprint density at radius 2 is 2.21 bits per heavy atom. The van der Waals surface area contributed by atoms with Crippen LogP contribution >= 0.6 is 11.6 Å². The highest BCUT2D eigenvalue weighted by atomic mass is 35.5. The highest BCUT2D eigenvalue weighted by molar-refractivity contribution is 6.35. The van der Waals surface area contributed by atoms with Crippen LogP contribution in [-0.4, -0.2) is 15.0 Å². The van der Waals surface area contributed by atoms with Crippen molar-refractivity contribution in [2.75, 3.05) is 0 Å². The van der Waals surface area contributed by atoms with Crippen LogP contribution in [0.3, 0.4) is 0 Å². The van der Waals surface area contributed by atoms with E-state index >= 15 is 0 Å². The van der Waals surface area contributed by atoms with Crippen molar-refractivity contribution in [3.05, 3.63) is 66.1 Å². The minimum atomic E-state index is 0.171. The summed E-state index contributed by atoms with van der Waals surface area (Å²) >= 11 is 6.30. The molecule has 3 heterocycles. The van der Waals surface area contributed by atoms with E-state index in [9.17, 15) is 0 Å². The van der Waals surface area contributed by atoms with Gasteiger partial charge in [-0.25, -0.2) is 4.98 Å². The molecule has 3 rings (SSSR count). The molecule has 0 aromatic carbocycles. The van der Waals surface area contributed by atoms with Crippen LogP contribution in [0.1, 0.15) is 23.5 Å². The lowest BCUT2D eigenvalue weighted by molar-refractivity contribution is 0.828. The summed E-state index contributed by atoms with van der Waals surface area (Å²) in [5.41, 5.74) is 3.07. The second-order valence-electron chi connectivity index (χ2n) is 4.39. The third-order valence-corrected chi connectivity index (χ3v) is 3.62. The average molecular weight is 271 g/mol. The number of rotatable bonds is 3. The van der Waals surface area contributed by atoms with Crippen molar-refractivity contribution in [1.29, 1.82) is 0 Å². The van der Waals surface area contributed by atoms with Crippen molar-refractivity contribution in [2.24, 2.45) is 0 Å². The van der Waals surface area contributed by atoms with Crippen LogP contribution in [0.25, 0.3) is 11.0 Å². The monoisotopic (exact) mass is 270 g/mol. The zero-order chi connectivity index (χ0) is 13.2. The number of hydrogen-bond acceptors (Lipinski definition) is 2. The standard InChI is InChI=1S/C15H13ClN3/c1-2-11(10-4-3-6-17-8-10)12-9-19-15-14(12)13(16)5-7-18-15/h3-9,11H,1-2H2,(H,18,19). The van der Waals surface area contributed by atoms with Gasteiger partial charge in [-0.3, -0.25) is 4.98 Å². The first-order valence-electron chi connectivity index (χ1n) is 6.12. The van der Waals surface area contributed by atoms with Crippen molar-refractivity contribution in [1.82, 2.24) is 15.0 Å². The highest BCUT2D eigenvalue weighted by Crippen LogP contribution is 2.35. The largest absolute Gasteiger partial charge is 0.346 e. The molecule has 19 heavy (non-hydrogen) atoms. The molecule has 0 aliphatic carbocycles. The molecule has 1 unspecified atom stereocenters. The molecule has 4 heteroatoms. The first-order valence-corrected chi connectivity index (χ1v) is 6.49. The number of aromatic amines is 1. The Bertz CT molecular complexity index is 691. The van der Waals surface area contributed by atoms with E-state index in [2.05, 4.69) is 27.9 Å². The Hall–Kier alpha value is -1.87. The molecule has 3 nitrogen and oxygen atoms in total. The summed E-state index contributed by atoms with van der Waals surface area (Å²) in [5.74, 6) is 0.171. The minimum absolute atomic E-state index is 0.171. The zero-order valence-electron chi connectivity index (χ0n) is 10.3. The molecular formula is C15H13ClN3. The normalized spacial score (nSPS) is 12.7. The maximum Gasteiger partial charge on any atom is 0.139 e. The molecule has 0 amide bonds. The van der Waals surface area contributed by atoms with Crippen LogP contribution in [0.2, 0.25) is 5.02 Å². The third kappa shape index (κ3) is 2.10. The van der Waals surface area contributed by atoms with Gasteiger partial charge in [0.25, 0.3) is 0 Å². The number of hydrogen-bond donors (Lipinski definition) is 1. The predicted octanol–water partition coefficient (Wildman–Crippen LogP) is 3.97. The van der Waals surface area contributed by atoms with Gasteiger partial charge in [0, 0.05) is 36.1 Å². The molecule has 1 N–H and O–H groups in total. The average Bonchev–Trinajstić information content (AvgIpc) is 2.86. The van der Waals surface area contributed by atoms with Crippen LogP contribution in [0.4, 0.5) is 0 Å². The first kappa shape index (κ1) is 12.2. The number of halogens is 1. The van der Waals surface area contributed by atoms with Crippen LogP contribution in [0.5, 0.6) is 0 Å². The van der Waals surface area contributed by atoms with Gasteiger partial charge in [-0.1, -0.05) is 24.6 Å². The van der Waals surface area contributed by atoms with E-state index in [1.54, 1.807) is 12.4 Å². The minimum Gasteiger partial charge on any atom is -0.346 e. The fourth-order valence-corrected chi connectivity index (χ4v) is 2.65. The number of fused-ring (bicyclic) bond motifs is 1. The number of nitrogens with zero attached hydrogens (tertiary/aromatic N) is 2. The van der Waals surface area contributed by atoms with Gasteiger partial charge in [-0.2, -0.15) is 0 Å². The molecule has 0 aliphatic heterocycles. The smallest absolute Gasteiger partial charge is 0.139 e. The summed E-state index contributed by atoms with van der Waals surface area (Å²) in [6.45, 7) is 4.05. The van der Waals surface area contributed by atoms with Crippen LogP contribution < -0.4 is 0 Å². The van der Waals surface area contributed by atoms with Gasteiger partial charge in [0.2, 0.25) is 0 Å². The van der Waals surface area contributed by atoms with Crippen molar-refractivity contribution in [2.45, 2.75) is 12.3 Å². The number of H-pyrrole nitrogens is 1. The van der Waals surface area contributed by atoms with Gasteiger partial charge in [-0.05, 0) is 29.7 Å². The maximum absolute atomic E-state index is 6.30. The van der Waals surface area contributed by atoms with Gasteiger partial charge in [0.05, 0.1) is 5.02 Å². The van der Waals surface area contributed by atoms with Gasteiger partial charge in [-0.15, -0.1) is 0 Å². The summed E-state index contributed by atoms with van der Waals surface area (Å²) in [7, 11) is 0. The fraction of sp³-hybridized carbons (Fsp3) is 0.133. The Morgan fingerprint density at radius 3 is 2.95 bits per heavy atom. The van der Waals surface area contributed by atoms with Gasteiger partial charge in [0.15, 0.2) is 0 Å². The van der Waals surface area contributed by atoms with E-state index in [1.165, 1.54) is 0 Å². The topological polar surface area (TPSA) is 41.6 Å². The third-order valence-electron chi connectivity index (χ3n) is 3.30. The Morgan fingerprint density at radius 1 is 1.32 bits per heavy atom. The molecule has 3 aromatic heterocycles. The van der Waals surface area contributed by atoms with E-state index in [1.807, 2.05) is 24.5 Å². The van der Waals surface area contributed by atoms with E-state index in [4.69, 9.17) is 11.6 Å². The zero-order valence-corrected chi connectivity index (χ0v) is 11.1. The first-order chi connectivity index (χ1) is 9.31. The summed E-state index contributed by atoms with van der Waals surface area (Å²) in [6.07, 6.45) is 8.05. The van der Waals surface area contributed by atoms with Crippen molar-refractivity contribution in [3.63, 3.8) is 0 Å².